The molecule has 1 fully saturated rings. The number of ether oxygens (including phenoxy) is 3. The Labute approximate surface area is 170 Å². The van der Waals surface area contributed by atoms with Crippen molar-refractivity contribution in [3.05, 3.63) is 59.7 Å². The Morgan fingerprint density at radius 3 is 2.59 bits per heavy atom. The maximum atomic E-state index is 12.6. The molecule has 0 radical (unpaired) electrons. The van der Waals surface area contributed by atoms with E-state index in [1.807, 2.05) is 0 Å². The Hall–Kier alpha value is -2.90. The van der Waals surface area contributed by atoms with Gasteiger partial charge in [-0.05, 0) is 49.2 Å². The number of methoxy groups -OCH3 is 1. The maximum absolute atomic E-state index is 12.6. The lowest BCUT2D eigenvalue weighted by atomic mass is 10.1. The van der Waals surface area contributed by atoms with Crippen LogP contribution >= 0.6 is 0 Å². The summed E-state index contributed by atoms with van der Waals surface area (Å²) in [6.07, 6.45) is 2.03. The van der Waals surface area contributed by atoms with Crippen molar-refractivity contribution in [2.75, 3.05) is 38.8 Å². The molecule has 2 N–H and O–H groups in total. The van der Waals surface area contributed by atoms with Gasteiger partial charge in [0.05, 0.1) is 24.0 Å². The number of benzene rings is 2. The lowest BCUT2D eigenvalue weighted by Crippen LogP contribution is -2.32. The maximum Gasteiger partial charge on any atom is 0.255 e. The molecule has 7 heteroatoms. The monoisotopic (exact) mass is 398 g/mol. The first-order valence-electron chi connectivity index (χ1n) is 9.69. The number of carbonyl (C=O) groups excluding carboxylic acids is 2. The van der Waals surface area contributed by atoms with Crippen LogP contribution in [0.4, 0.5) is 5.69 Å². The molecule has 0 spiro atoms. The second-order valence-electron chi connectivity index (χ2n) is 6.71. The fourth-order valence-electron chi connectivity index (χ4n) is 3.04. The molecule has 2 amide bonds. The molecule has 7 nitrogen and oxygen atoms in total. The first kappa shape index (κ1) is 20.8. The van der Waals surface area contributed by atoms with Gasteiger partial charge in [-0.2, -0.15) is 0 Å². The van der Waals surface area contributed by atoms with Crippen molar-refractivity contribution in [1.82, 2.24) is 5.32 Å². The third-order valence-electron chi connectivity index (χ3n) is 4.61. The van der Waals surface area contributed by atoms with Gasteiger partial charge < -0.3 is 24.8 Å². The first-order valence-corrected chi connectivity index (χ1v) is 9.69. The predicted molar refractivity (Wildman–Crippen MR) is 110 cm³/mol. The average Bonchev–Trinajstić information content (AvgIpc) is 3.27. The molecule has 29 heavy (non-hydrogen) atoms. The van der Waals surface area contributed by atoms with E-state index in [2.05, 4.69) is 10.6 Å². The molecule has 1 aliphatic rings. The van der Waals surface area contributed by atoms with E-state index in [1.54, 1.807) is 55.6 Å². The van der Waals surface area contributed by atoms with Crippen LogP contribution in [0.25, 0.3) is 0 Å². The molecule has 0 bridgehead atoms. The van der Waals surface area contributed by atoms with Gasteiger partial charge in [0.25, 0.3) is 11.8 Å². The summed E-state index contributed by atoms with van der Waals surface area (Å²) in [5.74, 6) is 0.124. The molecular weight excluding hydrogens is 372 g/mol. The number of amides is 2. The van der Waals surface area contributed by atoms with Gasteiger partial charge in [0.1, 0.15) is 12.4 Å². The summed E-state index contributed by atoms with van der Waals surface area (Å²) >= 11 is 0. The third-order valence-corrected chi connectivity index (χ3v) is 4.61. The zero-order valence-corrected chi connectivity index (χ0v) is 16.5. The minimum atomic E-state index is -0.298. The lowest BCUT2D eigenvalue weighted by molar-refractivity contribution is 0.0858. The van der Waals surface area contributed by atoms with Crippen LogP contribution in [0.1, 0.15) is 33.6 Å². The molecule has 1 heterocycles. The van der Waals surface area contributed by atoms with E-state index in [1.165, 1.54) is 0 Å². The highest BCUT2D eigenvalue weighted by Gasteiger charge is 2.18. The van der Waals surface area contributed by atoms with Crippen molar-refractivity contribution in [1.29, 1.82) is 0 Å². The Morgan fingerprint density at radius 1 is 1.07 bits per heavy atom. The summed E-state index contributed by atoms with van der Waals surface area (Å²) in [6.45, 7) is 2.14. The van der Waals surface area contributed by atoms with Gasteiger partial charge >= 0.3 is 0 Å². The molecule has 2 aromatic rings. The highest BCUT2D eigenvalue weighted by Crippen LogP contribution is 2.18. The van der Waals surface area contributed by atoms with Gasteiger partial charge in [-0.15, -0.1) is 0 Å². The molecule has 3 rings (SSSR count). The quantitative estimate of drug-likeness (QED) is 0.635. The van der Waals surface area contributed by atoms with E-state index >= 15 is 0 Å². The fourth-order valence-corrected chi connectivity index (χ4v) is 3.04. The number of hydrogen-bond donors (Lipinski definition) is 2. The highest BCUT2D eigenvalue weighted by atomic mass is 16.5. The highest BCUT2D eigenvalue weighted by molar-refractivity contribution is 6.09. The first-order chi connectivity index (χ1) is 14.2. The molecule has 0 saturated carbocycles. The van der Waals surface area contributed by atoms with Crippen molar-refractivity contribution in [2.45, 2.75) is 18.9 Å². The van der Waals surface area contributed by atoms with E-state index < -0.39 is 0 Å². The normalized spacial score (nSPS) is 15.7. The van der Waals surface area contributed by atoms with Crippen molar-refractivity contribution >= 4 is 17.5 Å². The second kappa shape index (κ2) is 10.6. The summed E-state index contributed by atoms with van der Waals surface area (Å²) in [5.41, 5.74) is 1.35. The molecule has 0 aromatic heterocycles. The van der Waals surface area contributed by atoms with Crippen LogP contribution in [0.3, 0.4) is 0 Å². The summed E-state index contributed by atoms with van der Waals surface area (Å²) in [5, 5.41) is 5.70. The standard InChI is InChI=1S/C22H26N2O5/c1-27-13-14-29-17-10-8-16(9-11-17)21(25)24-20-7-3-2-6-19(20)22(26)23-15-18-5-4-12-28-18/h2-3,6-11,18H,4-5,12-15H2,1H3,(H,23,26)(H,24,25)/t18-/m0/s1. The minimum absolute atomic E-state index is 0.0605. The molecule has 0 unspecified atom stereocenters. The molecule has 1 atom stereocenters. The largest absolute Gasteiger partial charge is 0.491 e. The van der Waals surface area contributed by atoms with E-state index in [0.29, 0.717) is 42.3 Å². The second-order valence-corrected chi connectivity index (χ2v) is 6.71. The summed E-state index contributed by atoms with van der Waals surface area (Å²) < 4.78 is 16.0. The Bertz CT molecular complexity index is 816. The van der Waals surface area contributed by atoms with E-state index in [4.69, 9.17) is 14.2 Å². The number of hydrogen-bond acceptors (Lipinski definition) is 5. The topological polar surface area (TPSA) is 85.9 Å². The third kappa shape index (κ3) is 6.04. The van der Waals surface area contributed by atoms with Crippen LogP contribution in [0.5, 0.6) is 5.75 Å². The van der Waals surface area contributed by atoms with Crippen LogP contribution in [0.15, 0.2) is 48.5 Å². The predicted octanol–water partition coefficient (Wildman–Crippen LogP) is 2.87. The average molecular weight is 398 g/mol. The molecule has 154 valence electrons. The minimum Gasteiger partial charge on any atom is -0.491 e. The molecular formula is C22H26N2O5. The van der Waals surface area contributed by atoms with Crippen LogP contribution in [-0.4, -0.2) is 51.4 Å². The van der Waals surface area contributed by atoms with Crippen molar-refractivity contribution in [3.63, 3.8) is 0 Å². The van der Waals surface area contributed by atoms with Crippen LogP contribution in [0, 0.1) is 0 Å². The summed E-state index contributed by atoms with van der Waals surface area (Å²) in [4.78, 5) is 25.2. The van der Waals surface area contributed by atoms with Gasteiger partial charge in [-0.25, -0.2) is 0 Å². The van der Waals surface area contributed by atoms with E-state index in [9.17, 15) is 9.59 Å². The zero-order chi connectivity index (χ0) is 20.5. The summed E-state index contributed by atoms with van der Waals surface area (Å²) in [6, 6.07) is 13.8. The molecule has 0 aliphatic carbocycles. The van der Waals surface area contributed by atoms with Gasteiger partial charge in [-0.1, -0.05) is 12.1 Å². The summed E-state index contributed by atoms with van der Waals surface area (Å²) in [7, 11) is 1.61. The Kier molecular flexibility index (Phi) is 7.61. The van der Waals surface area contributed by atoms with Crippen molar-refractivity contribution in [2.24, 2.45) is 0 Å². The number of rotatable bonds is 9. The number of carbonyl (C=O) groups is 2. The van der Waals surface area contributed by atoms with Gasteiger partial charge in [0.15, 0.2) is 0 Å². The van der Waals surface area contributed by atoms with Crippen molar-refractivity contribution < 1.29 is 23.8 Å². The molecule has 1 saturated heterocycles. The molecule has 2 aromatic carbocycles. The number of anilines is 1. The van der Waals surface area contributed by atoms with Crippen LogP contribution in [-0.2, 0) is 9.47 Å². The lowest BCUT2D eigenvalue weighted by Gasteiger charge is -2.14. The smallest absolute Gasteiger partial charge is 0.255 e. The fraction of sp³-hybridized carbons (Fsp3) is 0.364. The Morgan fingerprint density at radius 2 is 1.86 bits per heavy atom. The number of nitrogens with one attached hydrogen (secondary N) is 2. The van der Waals surface area contributed by atoms with Gasteiger partial charge in [0, 0.05) is 25.8 Å². The van der Waals surface area contributed by atoms with E-state index in [-0.39, 0.29) is 17.9 Å². The molecule has 1 aliphatic heterocycles. The van der Waals surface area contributed by atoms with Gasteiger partial charge in [-0.3, -0.25) is 9.59 Å². The van der Waals surface area contributed by atoms with Gasteiger partial charge in [0.2, 0.25) is 0 Å². The SMILES string of the molecule is COCCOc1ccc(C(=O)Nc2ccccc2C(=O)NC[C@@H]2CCCO2)cc1. The Balaban J connectivity index is 1.60. The van der Waals surface area contributed by atoms with E-state index in [0.717, 1.165) is 19.4 Å². The zero-order valence-electron chi connectivity index (χ0n) is 16.5. The van der Waals surface area contributed by atoms with Crippen LogP contribution in [0.2, 0.25) is 0 Å². The van der Waals surface area contributed by atoms with Crippen LogP contribution < -0.4 is 15.4 Å². The van der Waals surface area contributed by atoms with Crippen molar-refractivity contribution in [3.8, 4) is 5.75 Å². The number of para-hydroxylation sites is 1.